The van der Waals surface area contributed by atoms with Gasteiger partial charge in [0.1, 0.15) is 25.4 Å². The number of aliphatic hydroxyl groups is 3. The summed E-state index contributed by atoms with van der Waals surface area (Å²) in [4.78, 5) is 59.8. The highest BCUT2D eigenvalue weighted by molar-refractivity contribution is 8.13. The van der Waals surface area contributed by atoms with Gasteiger partial charge in [-0.15, -0.1) is 11.8 Å². The van der Waals surface area contributed by atoms with Crippen LogP contribution in [-0.2, 0) is 46.4 Å². The summed E-state index contributed by atoms with van der Waals surface area (Å²) >= 11 is 2.12. The topological polar surface area (TPSA) is 233 Å². The number of esters is 2. The number of hydrogen-bond donors (Lipinski definition) is 6. The molecule has 18 nitrogen and oxygen atoms in total. The highest BCUT2D eigenvalue weighted by atomic mass is 32.2. The number of hydrogen-bond acceptors (Lipinski definition) is 18. The van der Waals surface area contributed by atoms with Gasteiger partial charge in [-0.1, -0.05) is 17.8 Å². The molecule has 0 saturated heterocycles. The molecule has 0 fully saturated rings. The fourth-order valence-corrected chi connectivity index (χ4v) is 6.36. The smallest absolute Gasteiger partial charge is 0.329 e. The number of likely N-dealkylation sites (N-methyl/N-ethyl adjacent to an activating group) is 1. The number of carbonyl (C=O) groups is 4. The average Bonchev–Trinajstić information content (AvgIpc) is 3.08. The molecule has 1 aliphatic rings. The summed E-state index contributed by atoms with van der Waals surface area (Å²) in [7, 11) is 4.60. The van der Waals surface area contributed by atoms with Crippen LogP contribution in [0.1, 0.15) is 24.2 Å². The first kappa shape index (κ1) is 43.5. The number of aromatic nitrogens is 1. The van der Waals surface area contributed by atoms with Crippen molar-refractivity contribution in [3.05, 3.63) is 29.6 Å². The van der Waals surface area contributed by atoms with E-state index in [-0.39, 0.29) is 25.3 Å². The van der Waals surface area contributed by atoms with Gasteiger partial charge in [0.15, 0.2) is 11.8 Å². The minimum atomic E-state index is -1.63. The quantitative estimate of drug-likeness (QED) is 0.0526. The maximum absolute atomic E-state index is 13.0. The van der Waals surface area contributed by atoms with Gasteiger partial charge in [-0.05, 0) is 37.8 Å². The lowest BCUT2D eigenvalue weighted by Gasteiger charge is -2.34. The van der Waals surface area contributed by atoms with Crippen LogP contribution in [0.2, 0.25) is 0 Å². The number of amides is 1. The SMILES string of the molecule is COC(=O)C(CCSC(=O)NCOCC(O)O)N1CCN(C)CCN(C(CCSC(O)NCOCC(=O)O)C(=O)OC)Cc2cccc(n2)C1. The van der Waals surface area contributed by atoms with Gasteiger partial charge in [-0.25, -0.2) is 4.79 Å². The Morgan fingerprint density at radius 1 is 0.880 bits per heavy atom. The van der Waals surface area contributed by atoms with E-state index in [0.29, 0.717) is 75.0 Å². The third-order valence-corrected chi connectivity index (χ3v) is 9.22. The van der Waals surface area contributed by atoms with Crippen molar-refractivity contribution in [1.29, 1.82) is 0 Å². The molecule has 0 aromatic carbocycles. The van der Waals surface area contributed by atoms with E-state index in [9.17, 15) is 24.3 Å². The van der Waals surface area contributed by atoms with E-state index < -0.39 is 48.4 Å². The Morgan fingerprint density at radius 3 is 2.00 bits per heavy atom. The predicted molar refractivity (Wildman–Crippen MR) is 183 cm³/mol. The minimum Gasteiger partial charge on any atom is -0.480 e. The first-order chi connectivity index (χ1) is 23.9. The van der Waals surface area contributed by atoms with Crippen LogP contribution in [0.3, 0.4) is 0 Å². The van der Waals surface area contributed by atoms with Crippen molar-refractivity contribution in [3.63, 3.8) is 0 Å². The molecule has 0 saturated carbocycles. The first-order valence-electron chi connectivity index (χ1n) is 15.9. The Morgan fingerprint density at radius 2 is 1.46 bits per heavy atom. The van der Waals surface area contributed by atoms with Crippen molar-refractivity contribution in [2.75, 3.05) is 85.6 Å². The number of carboxylic acid groups (broad SMARTS) is 1. The second kappa shape index (κ2) is 24.5. The molecule has 0 radical (unpaired) electrons. The molecule has 6 N–H and O–H groups in total. The monoisotopic (exact) mass is 750 g/mol. The number of aliphatic hydroxyl groups excluding tert-OH is 2. The number of fused-ring (bicyclic) bond motifs is 2. The van der Waals surface area contributed by atoms with Gasteiger partial charge < -0.3 is 49.6 Å². The van der Waals surface area contributed by atoms with Gasteiger partial charge in [0.2, 0.25) is 0 Å². The normalized spacial score (nSPS) is 16.9. The van der Waals surface area contributed by atoms with Crippen LogP contribution in [-0.4, -0.2) is 173 Å². The molecule has 2 rings (SSSR count). The fourth-order valence-electron chi connectivity index (χ4n) is 4.90. The highest BCUT2D eigenvalue weighted by Crippen LogP contribution is 2.19. The molecule has 2 bridgehead atoms. The molecule has 0 aliphatic carbocycles. The summed E-state index contributed by atoms with van der Waals surface area (Å²) in [5.74, 6) is -1.27. The lowest BCUT2D eigenvalue weighted by Crippen LogP contribution is -2.48. The van der Waals surface area contributed by atoms with Crippen LogP contribution in [0.15, 0.2) is 18.2 Å². The molecule has 0 spiro atoms. The number of nitrogens with one attached hydrogen (secondary N) is 2. The molecule has 3 atom stereocenters. The zero-order valence-corrected chi connectivity index (χ0v) is 30.2. The molecule has 2 heterocycles. The van der Waals surface area contributed by atoms with Crippen molar-refractivity contribution >= 4 is 46.7 Å². The van der Waals surface area contributed by atoms with Crippen molar-refractivity contribution < 1.29 is 58.6 Å². The molecule has 20 heteroatoms. The Bertz CT molecular complexity index is 1190. The molecular weight excluding hydrogens is 700 g/mol. The summed E-state index contributed by atoms with van der Waals surface area (Å²) in [6.45, 7) is 1.62. The number of thioether (sulfide) groups is 2. The van der Waals surface area contributed by atoms with Crippen LogP contribution < -0.4 is 10.6 Å². The highest BCUT2D eigenvalue weighted by Gasteiger charge is 2.30. The van der Waals surface area contributed by atoms with Crippen molar-refractivity contribution in [1.82, 2.24) is 30.3 Å². The third kappa shape index (κ3) is 17.5. The zero-order chi connectivity index (χ0) is 36.9. The first-order valence-corrected chi connectivity index (χ1v) is 17.9. The molecule has 1 amide bonds. The maximum Gasteiger partial charge on any atom is 0.329 e. The Balaban J connectivity index is 2.13. The van der Waals surface area contributed by atoms with Crippen LogP contribution in [0.5, 0.6) is 0 Å². The van der Waals surface area contributed by atoms with Crippen LogP contribution in [0.25, 0.3) is 0 Å². The van der Waals surface area contributed by atoms with Gasteiger partial charge in [0.25, 0.3) is 5.24 Å². The largest absolute Gasteiger partial charge is 0.480 e. The van der Waals surface area contributed by atoms with Crippen molar-refractivity contribution in [2.45, 2.75) is 49.9 Å². The summed E-state index contributed by atoms with van der Waals surface area (Å²) in [6.07, 6.45) is -0.957. The number of pyridine rings is 1. The van der Waals surface area contributed by atoms with Gasteiger partial charge >= 0.3 is 17.9 Å². The van der Waals surface area contributed by atoms with E-state index in [4.69, 9.17) is 39.3 Å². The Hall–Kier alpha value is -2.63. The number of aliphatic carboxylic acids is 1. The van der Waals surface area contributed by atoms with Crippen LogP contribution in [0, 0.1) is 0 Å². The van der Waals surface area contributed by atoms with Gasteiger partial charge in [-0.3, -0.25) is 34.5 Å². The maximum atomic E-state index is 13.0. The fraction of sp³-hybridized carbons (Fsp3) is 0.700. The van der Waals surface area contributed by atoms with Gasteiger partial charge in [0.05, 0.1) is 38.9 Å². The zero-order valence-electron chi connectivity index (χ0n) is 28.6. The summed E-state index contributed by atoms with van der Waals surface area (Å²) in [5.41, 5.74) is 0.387. The summed E-state index contributed by atoms with van der Waals surface area (Å²) in [6, 6.07) is 4.30. The predicted octanol–water partition coefficient (Wildman–Crippen LogP) is -1.12. The van der Waals surface area contributed by atoms with Gasteiger partial charge in [-0.2, -0.15) is 0 Å². The van der Waals surface area contributed by atoms with Crippen molar-refractivity contribution in [3.8, 4) is 0 Å². The van der Waals surface area contributed by atoms with E-state index in [1.54, 1.807) is 0 Å². The lowest BCUT2D eigenvalue weighted by molar-refractivity contribution is -0.148. The lowest BCUT2D eigenvalue weighted by atomic mass is 10.1. The molecule has 284 valence electrons. The summed E-state index contributed by atoms with van der Waals surface area (Å²) < 4.78 is 20.1. The van der Waals surface area contributed by atoms with E-state index in [0.717, 1.165) is 23.5 Å². The second-order valence-electron chi connectivity index (χ2n) is 11.1. The third-order valence-electron chi connectivity index (χ3n) is 7.42. The van der Waals surface area contributed by atoms with E-state index >= 15 is 0 Å². The molecular formula is C30H50N6O12S2. The molecule has 1 aromatic heterocycles. The molecule has 1 aromatic rings. The summed E-state index contributed by atoms with van der Waals surface area (Å²) in [5, 5.41) is 41.3. The van der Waals surface area contributed by atoms with E-state index in [2.05, 4.69) is 15.5 Å². The standard InChI is InChI=1S/C30H50N6O12S2/c1-34-9-11-35(23(27(41)45-2)7-13-49-29(43)31-19-47-17-25(37)38)15-21-5-4-6-22(33-21)16-36(12-10-34)24(28(42)46-3)8-14-50-30(44)32-20-48-18-26(39)40/h4-6,23-25,30,32,37-38,44H,7-20H2,1-3H3,(H,31,43)(H,39,40). The number of nitrogens with zero attached hydrogens (tertiary/aromatic N) is 4. The number of methoxy groups -OCH3 is 2. The van der Waals surface area contributed by atoms with Gasteiger partial charge in [0, 0.05) is 45.0 Å². The van der Waals surface area contributed by atoms with Crippen LogP contribution in [0.4, 0.5) is 4.79 Å². The van der Waals surface area contributed by atoms with E-state index in [1.165, 1.54) is 14.2 Å². The van der Waals surface area contributed by atoms with E-state index in [1.807, 2.05) is 35.0 Å². The Kier molecular flexibility index (Phi) is 21.4. The minimum absolute atomic E-state index is 0.148. The average molecular weight is 751 g/mol. The molecule has 50 heavy (non-hydrogen) atoms. The number of ether oxygens (including phenoxy) is 4. The number of carboxylic acids is 1. The Labute approximate surface area is 300 Å². The van der Waals surface area contributed by atoms with Crippen molar-refractivity contribution in [2.24, 2.45) is 0 Å². The number of carbonyl (C=O) groups excluding carboxylic acids is 3. The molecule has 1 aliphatic heterocycles. The van der Waals surface area contributed by atoms with Crippen LogP contribution >= 0.6 is 23.5 Å². The molecule has 3 unspecified atom stereocenters. The number of rotatable bonds is 20. The second-order valence-corrected chi connectivity index (χ2v) is 13.4.